The molecule has 0 saturated carbocycles. The fourth-order valence-electron chi connectivity index (χ4n) is 1.05. The van der Waals surface area contributed by atoms with Crippen LogP contribution in [-0.2, 0) is 9.53 Å². The molecule has 1 unspecified atom stereocenters. The summed E-state index contributed by atoms with van der Waals surface area (Å²) in [7, 11) is 1.47. The van der Waals surface area contributed by atoms with Gasteiger partial charge in [0.1, 0.15) is 5.25 Å². The summed E-state index contributed by atoms with van der Waals surface area (Å²) in [5, 5.41) is 0.0601. The summed E-state index contributed by atoms with van der Waals surface area (Å²) in [5.41, 5.74) is 0. The van der Waals surface area contributed by atoms with Crippen LogP contribution in [0.2, 0.25) is 0 Å². The van der Waals surface area contributed by atoms with E-state index in [-0.39, 0.29) is 11.2 Å². The number of hydrogen-bond donors (Lipinski definition) is 0. The Bertz CT molecular complexity index is 129. The van der Waals surface area contributed by atoms with Crippen LogP contribution >= 0.6 is 11.8 Å². The predicted molar refractivity (Wildman–Crippen MR) is 58.1 cm³/mol. The molecule has 3 heteroatoms. The average molecular weight is 204 g/mol. The average Bonchev–Trinajstić information content (AvgIpc) is 2.17. The number of carbonyl (C=O) groups is 1. The van der Waals surface area contributed by atoms with Gasteiger partial charge < -0.3 is 4.74 Å². The fourth-order valence-corrected chi connectivity index (χ4v) is 2.14. The van der Waals surface area contributed by atoms with Gasteiger partial charge in [-0.15, -0.1) is 11.8 Å². The van der Waals surface area contributed by atoms with Gasteiger partial charge in [-0.25, -0.2) is 0 Å². The van der Waals surface area contributed by atoms with Crippen LogP contribution in [0.25, 0.3) is 0 Å². The Morgan fingerprint density at radius 1 is 1.38 bits per heavy atom. The maximum Gasteiger partial charge on any atom is 0.318 e. The van der Waals surface area contributed by atoms with Crippen molar-refractivity contribution in [3.8, 4) is 0 Å². The smallest absolute Gasteiger partial charge is 0.318 e. The van der Waals surface area contributed by atoms with Gasteiger partial charge in [-0.2, -0.15) is 0 Å². The van der Waals surface area contributed by atoms with Gasteiger partial charge in [0.15, 0.2) is 0 Å². The molecule has 0 aliphatic heterocycles. The summed E-state index contributed by atoms with van der Waals surface area (Å²) in [6.07, 6.45) is 4.31. The van der Waals surface area contributed by atoms with E-state index in [9.17, 15) is 4.79 Å². The molecule has 0 saturated heterocycles. The van der Waals surface area contributed by atoms with Gasteiger partial charge in [-0.1, -0.05) is 26.7 Å². The highest BCUT2D eigenvalue weighted by Crippen LogP contribution is 2.19. The summed E-state index contributed by atoms with van der Waals surface area (Å²) in [5.74, 6) is 0.982. The van der Waals surface area contributed by atoms with Crippen molar-refractivity contribution in [3.05, 3.63) is 0 Å². The molecule has 0 bridgehead atoms. The third-order valence-corrected chi connectivity index (χ3v) is 3.28. The van der Waals surface area contributed by atoms with E-state index in [1.807, 2.05) is 0 Å². The van der Waals surface area contributed by atoms with Crippen LogP contribution in [0.3, 0.4) is 0 Å². The Kier molecular flexibility index (Phi) is 8.30. The maximum atomic E-state index is 11.3. The van der Waals surface area contributed by atoms with Gasteiger partial charge in [0, 0.05) is 0 Å². The van der Waals surface area contributed by atoms with Crippen molar-refractivity contribution in [2.75, 3.05) is 12.9 Å². The Labute approximate surface area is 85.4 Å². The molecule has 0 spiro atoms. The van der Waals surface area contributed by atoms with Crippen LogP contribution in [0.5, 0.6) is 0 Å². The normalized spacial score (nSPS) is 12.5. The standard InChI is InChI=1S/C10H20O2S/c1-4-6-7-9(10(11)12-3)13-8-5-2/h9H,4-8H2,1-3H3. The number of ether oxygens (including phenoxy) is 1. The molecule has 0 amide bonds. The second-order valence-corrected chi connectivity index (χ2v) is 4.34. The SMILES string of the molecule is CCCCC(SCCC)C(=O)OC. The van der Waals surface area contributed by atoms with E-state index in [1.54, 1.807) is 11.8 Å². The second kappa shape index (κ2) is 8.42. The third kappa shape index (κ3) is 5.97. The zero-order valence-electron chi connectivity index (χ0n) is 8.84. The number of unbranched alkanes of at least 4 members (excludes halogenated alkanes) is 1. The molecule has 0 heterocycles. The van der Waals surface area contributed by atoms with Crippen LogP contribution in [0.1, 0.15) is 39.5 Å². The number of carbonyl (C=O) groups excluding carboxylic acids is 1. The van der Waals surface area contributed by atoms with E-state index in [2.05, 4.69) is 13.8 Å². The van der Waals surface area contributed by atoms with E-state index < -0.39 is 0 Å². The first-order valence-electron chi connectivity index (χ1n) is 4.95. The van der Waals surface area contributed by atoms with E-state index in [4.69, 9.17) is 4.74 Å². The molecule has 0 aliphatic rings. The Balaban J connectivity index is 3.79. The van der Waals surface area contributed by atoms with Crippen LogP contribution in [0, 0.1) is 0 Å². The lowest BCUT2D eigenvalue weighted by atomic mass is 10.2. The van der Waals surface area contributed by atoms with E-state index in [0.717, 1.165) is 31.4 Å². The second-order valence-electron chi connectivity index (χ2n) is 3.02. The van der Waals surface area contributed by atoms with Gasteiger partial charge in [0.05, 0.1) is 7.11 Å². The van der Waals surface area contributed by atoms with Crippen LogP contribution < -0.4 is 0 Å². The molecular formula is C10H20O2S. The number of thioether (sulfide) groups is 1. The lowest BCUT2D eigenvalue weighted by Gasteiger charge is -2.12. The molecule has 2 nitrogen and oxygen atoms in total. The zero-order chi connectivity index (χ0) is 10.1. The van der Waals surface area contributed by atoms with E-state index in [0.29, 0.717) is 0 Å². The first-order valence-corrected chi connectivity index (χ1v) is 6.00. The molecule has 0 rings (SSSR count). The number of hydrogen-bond acceptors (Lipinski definition) is 3. The lowest BCUT2D eigenvalue weighted by molar-refractivity contribution is -0.140. The molecule has 0 fully saturated rings. The molecule has 1 atom stereocenters. The molecule has 13 heavy (non-hydrogen) atoms. The topological polar surface area (TPSA) is 26.3 Å². The number of esters is 1. The largest absolute Gasteiger partial charge is 0.468 e. The molecule has 0 aliphatic carbocycles. The van der Waals surface area contributed by atoms with Gasteiger partial charge in [0.25, 0.3) is 0 Å². The van der Waals surface area contributed by atoms with Crippen molar-refractivity contribution >= 4 is 17.7 Å². The van der Waals surface area contributed by atoms with Crippen LogP contribution in [-0.4, -0.2) is 24.1 Å². The Morgan fingerprint density at radius 2 is 2.08 bits per heavy atom. The summed E-state index contributed by atoms with van der Waals surface area (Å²) in [4.78, 5) is 11.3. The molecule has 78 valence electrons. The minimum Gasteiger partial charge on any atom is -0.468 e. The first-order chi connectivity index (χ1) is 6.26. The van der Waals surface area contributed by atoms with Crippen molar-refractivity contribution in [2.24, 2.45) is 0 Å². The minimum absolute atomic E-state index is 0.0601. The lowest BCUT2D eigenvalue weighted by Crippen LogP contribution is -2.19. The number of methoxy groups -OCH3 is 1. The summed E-state index contributed by atoms with van der Waals surface area (Å²) in [6.45, 7) is 4.26. The zero-order valence-corrected chi connectivity index (χ0v) is 9.65. The Hall–Kier alpha value is -0.180. The van der Waals surface area contributed by atoms with Gasteiger partial charge in [-0.3, -0.25) is 4.79 Å². The van der Waals surface area contributed by atoms with Crippen LogP contribution in [0.15, 0.2) is 0 Å². The van der Waals surface area contributed by atoms with E-state index in [1.165, 1.54) is 7.11 Å². The first kappa shape index (κ1) is 12.8. The maximum absolute atomic E-state index is 11.3. The molecule has 0 radical (unpaired) electrons. The third-order valence-electron chi connectivity index (χ3n) is 1.81. The molecule has 0 aromatic carbocycles. The fraction of sp³-hybridized carbons (Fsp3) is 0.900. The highest BCUT2D eigenvalue weighted by atomic mass is 32.2. The predicted octanol–water partition coefficient (Wildman–Crippen LogP) is 2.86. The van der Waals surface area contributed by atoms with Crippen molar-refractivity contribution in [2.45, 2.75) is 44.8 Å². The molecule has 0 aromatic heterocycles. The van der Waals surface area contributed by atoms with Crippen molar-refractivity contribution < 1.29 is 9.53 Å². The highest BCUT2D eigenvalue weighted by molar-refractivity contribution is 8.00. The quantitative estimate of drug-likeness (QED) is 0.596. The van der Waals surface area contributed by atoms with Crippen LogP contribution in [0.4, 0.5) is 0 Å². The summed E-state index contributed by atoms with van der Waals surface area (Å²) >= 11 is 1.72. The van der Waals surface area contributed by atoms with Crippen molar-refractivity contribution in [3.63, 3.8) is 0 Å². The molecular weight excluding hydrogens is 184 g/mol. The van der Waals surface area contributed by atoms with Crippen molar-refractivity contribution in [1.82, 2.24) is 0 Å². The minimum atomic E-state index is -0.0631. The van der Waals surface area contributed by atoms with E-state index >= 15 is 0 Å². The molecule has 0 aromatic rings. The Morgan fingerprint density at radius 3 is 2.54 bits per heavy atom. The monoisotopic (exact) mass is 204 g/mol. The van der Waals surface area contributed by atoms with Gasteiger partial charge in [-0.05, 0) is 18.6 Å². The van der Waals surface area contributed by atoms with Crippen molar-refractivity contribution in [1.29, 1.82) is 0 Å². The summed E-state index contributed by atoms with van der Waals surface area (Å²) < 4.78 is 4.75. The summed E-state index contributed by atoms with van der Waals surface area (Å²) in [6, 6.07) is 0. The molecule has 0 N–H and O–H groups in total. The number of rotatable bonds is 7. The highest BCUT2D eigenvalue weighted by Gasteiger charge is 2.17. The van der Waals surface area contributed by atoms with Gasteiger partial charge in [0.2, 0.25) is 0 Å². The van der Waals surface area contributed by atoms with Gasteiger partial charge >= 0.3 is 5.97 Å².